The zero-order chi connectivity index (χ0) is 21.1. The van der Waals surface area contributed by atoms with Gasteiger partial charge in [-0.15, -0.1) is 11.8 Å². The van der Waals surface area contributed by atoms with Crippen molar-refractivity contribution >= 4 is 35.0 Å². The predicted octanol–water partition coefficient (Wildman–Crippen LogP) is 5.59. The molecule has 1 fully saturated rings. The summed E-state index contributed by atoms with van der Waals surface area (Å²) < 4.78 is 0. The van der Waals surface area contributed by atoms with E-state index >= 15 is 0 Å². The number of amides is 2. The number of nitrogens with zero attached hydrogens (tertiary/aromatic N) is 1. The van der Waals surface area contributed by atoms with Crippen molar-refractivity contribution in [2.75, 3.05) is 16.0 Å². The van der Waals surface area contributed by atoms with E-state index < -0.39 is 0 Å². The minimum atomic E-state index is -0.128. The molecule has 3 aromatic carbocycles. The highest BCUT2D eigenvalue weighted by Crippen LogP contribution is 2.42. The predicted molar refractivity (Wildman–Crippen MR) is 124 cm³/mol. The van der Waals surface area contributed by atoms with E-state index in [2.05, 4.69) is 12.2 Å². The van der Waals surface area contributed by atoms with Gasteiger partial charge in [0.1, 0.15) is 5.37 Å². The number of hydrogen-bond donors (Lipinski definition) is 1. The molecule has 1 aliphatic rings. The summed E-state index contributed by atoms with van der Waals surface area (Å²) in [5.74, 6) is 0.450. The Balaban J connectivity index is 1.49. The van der Waals surface area contributed by atoms with Gasteiger partial charge in [0.05, 0.1) is 5.75 Å². The smallest absolute Gasteiger partial charge is 0.255 e. The summed E-state index contributed by atoms with van der Waals surface area (Å²) in [6.07, 6.45) is 0.949. The molecular formula is C25H24N2O2S. The maximum absolute atomic E-state index is 12.5. The Labute approximate surface area is 181 Å². The highest BCUT2D eigenvalue weighted by atomic mass is 32.2. The van der Waals surface area contributed by atoms with E-state index in [4.69, 9.17) is 0 Å². The van der Waals surface area contributed by atoms with Crippen LogP contribution in [0, 0.1) is 6.92 Å². The van der Waals surface area contributed by atoms with Crippen molar-refractivity contribution in [2.24, 2.45) is 0 Å². The molecule has 0 bridgehead atoms. The molecule has 1 saturated heterocycles. The summed E-state index contributed by atoms with van der Waals surface area (Å²) in [6, 6.07) is 23.4. The van der Waals surface area contributed by atoms with E-state index in [-0.39, 0.29) is 17.2 Å². The Hall–Kier alpha value is -3.05. The quantitative estimate of drug-likeness (QED) is 0.590. The summed E-state index contributed by atoms with van der Waals surface area (Å²) in [5.41, 5.74) is 5.66. The van der Waals surface area contributed by atoms with Crippen molar-refractivity contribution in [2.45, 2.75) is 25.6 Å². The monoisotopic (exact) mass is 416 g/mol. The molecule has 1 heterocycles. The van der Waals surface area contributed by atoms with Gasteiger partial charge in [0.25, 0.3) is 5.91 Å². The highest BCUT2D eigenvalue weighted by Gasteiger charge is 2.34. The van der Waals surface area contributed by atoms with Crippen LogP contribution < -0.4 is 10.2 Å². The highest BCUT2D eigenvalue weighted by molar-refractivity contribution is 8.00. The van der Waals surface area contributed by atoms with Crippen LogP contribution in [0.4, 0.5) is 11.4 Å². The Morgan fingerprint density at radius 1 is 1.07 bits per heavy atom. The number of benzene rings is 3. The molecule has 4 rings (SSSR count). The van der Waals surface area contributed by atoms with Gasteiger partial charge in [-0.2, -0.15) is 0 Å². The zero-order valence-electron chi connectivity index (χ0n) is 17.1. The van der Waals surface area contributed by atoms with Gasteiger partial charge in [-0.3, -0.25) is 14.5 Å². The Bertz CT molecular complexity index is 1060. The molecule has 4 nitrogen and oxygen atoms in total. The van der Waals surface area contributed by atoms with E-state index in [0.29, 0.717) is 11.3 Å². The second-order valence-electron chi connectivity index (χ2n) is 7.39. The van der Waals surface area contributed by atoms with E-state index in [1.54, 1.807) is 11.8 Å². The van der Waals surface area contributed by atoms with Gasteiger partial charge in [0.2, 0.25) is 5.91 Å². The molecule has 152 valence electrons. The molecule has 0 aromatic heterocycles. The third-order valence-electron chi connectivity index (χ3n) is 5.23. The normalized spacial score (nSPS) is 16.0. The SMILES string of the molecule is CCc1ccc(C(=O)Nc2ccc([C@H]3SCC(=O)N3c3cccc(C)c3)cc2)cc1. The molecule has 1 aliphatic heterocycles. The van der Waals surface area contributed by atoms with Gasteiger partial charge in [0, 0.05) is 16.9 Å². The summed E-state index contributed by atoms with van der Waals surface area (Å²) in [6.45, 7) is 4.12. The largest absolute Gasteiger partial charge is 0.322 e. The van der Waals surface area contributed by atoms with Crippen molar-refractivity contribution in [1.29, 1.82) is 0 Å². The molecule has 1 N–H and O–H groups in total. The number of rotatable bonds is 5. The average molecular weight is 417 g/mol. The van der Waals surface area contributed by atoms with Gasteiger partial charge in [0.15, 0.2) is 0 Å². The van der Waals surface area contributed by atoms with Crippen LogP contribution in [-0.2, 0) is 11.2 Å². The Morgan fingerprint density at radius 3 is 2.47 bits per heavy atom. The average Bonchev–Trinajstić information content (AvgIpc) is 3.15. The minimum Gasteiger partial charge on any atom is -0.322 e. The van der Waals surface area contributed by atoms with Crippen LogP contribution >= 0.6 is 11.8 Å². The molecule has 0 saturated carbocycles. The lowest BCUT2D eigenvalue weighted by atomic mass is 10.1. The molecule has 0 aliphatic carbocycles. The Morgan fingerprint density at radius 2 is 1.80 bits per heavy atom. The molecule has 2 amide bonds. The van der Waals surface area contributed by atoms with Crippen molar-refractivity contribution < 1.29 is 9.59 Å². The van der Waals surface area contributed by atoms with Crippen molar-refractivity contribution in [1.82, 2.24) is 0 Å². The van der Waals surface area contributed by atoms with E-state index in [9.17, 15) is 9.59 Å². The topological polar surface area (TPSA) is 49.4 Å². The summed E-state index contributed by atoms with van der Waals surface area (Å²) in [5, 5.41) is 2.88. The van der Waals surface area contributed by atoms with Gasteiger partial charge in [-0.05, 0) is 66.4 Å². The van der Waals surface area contributed by atoms with Crippen molar-refractivity contribution in [3.8, 4) is 0 Å². The summed E-state index contributed by atoms with van der Waals surface area (Å²) in [4.78, 5) is 26.9. The summed E-state index contributed by atoms with van der Waals surface area (Å²) in [7, 11) is 0. The zero-order valence-corrected chi connectivity index (χ0v) is 17.9. The lowest BCUT2D eigenvalue weighted by Crippen LogP contribution is -2.27. The molecule has 3 aromatic rings. The minimum absolute atomic E-state index is 0.0642. The number of carbonyl (C=O) groups is 2. The molecule has 0 spiro atoms. The molecule has 0 radical (unpaired) electrons. The standard InChI is InChI=1S/C25H24N2O2S/c1-3-18-7-9-19(10-8-18)24(29)26-21-13-11-20(12-14-21)25-27(23(28)16-30-25)22-6-4-5-17(2)15-22/h4-15,25H,3,16H2,1-2H3,(H,26,29)/t25-/m1/s1. The molecule has 30 heavy (non-hydrogen) atoms. The number of anilines is 2. The molecule has 5 heteroatoms. The van der Waals surface area contributed by atoms with Crippen molar-refractivity contribution in [3.63, 3.8) is 0 Å². The summed E-state index contributed by atoms with van der Waals surface area (Å²) >= 11 is 1.62. The fourth-order valence-corrected chi connectivity index (χ4v) is 4.73. The van der Waals surface area contributed by atoms with Gasteiger partial charge < -0.3 is 5.32 Å². The van der Waals surface area contributed by atoms with Crippen LogP contribution in [0.5, 0.6) is 0 Å². The van der Waals surface area contributed by atoms with E-state index in [1.165, 1.54) is 5.56 Å². The van der Waals surface area contributed by atoms with Crippen LogP contribution in [0.25, 0.3) is 0 Å². The lowest BCUT2D eigenvalue weighted by molar-refractivity contribution is -0.115. The number of carbonyl (C=O) groups excluding carboxylic acids is 2. The molecular weight excluding hydrogens is 392 g/mol. The first-order chi connectivity index (χ1) is 14.5. The maximum atomic E-state index is 12.5. The number of nitrogens with one attached hydrogen (secondary N) is 1. The van der Waals surface area contributed by atoms with Crippen LogP contribution in [0.3, 0.4) is 0 Å². The lowest BCUT2D eigenvalue weighted by Gasteiger charge is -2.25. The second kappa shape index (κ2) is 8.76. The second-order valence-corrected chi connectivity index (χ2v) is 8.46. The maximum Gasteiger partial charge on any atom is 0.255 e. The number of thioether (sulfide) groups is 1. The first-order valence-corrected chi connectivity index (χ1v) is 11.1. The van der Waals surface area contributed by atoms with Crippen LogP contribution in [0.2, 0.25) is 0 Å². The van der Waals surface area contributed by atoms with Crippen LogP contribution in [-0.4, -0.2) is 17.6 Å². The van der Waals surface area contributed by atoms with Crippen molar-refractivity contribution in [3.05, 3.63) is 95.1 Å². The van der Waals surface area contributed by atoms with Gasteiger partial charge in [-0.1, -0.05) is 43.3 Å². The number of aryl methyl sites for hydroxylation is 2. The van der Waals surface area contributed by atoms with Gasteiger partial charge in [-0.25, -0.2) is 0 Å². The fraction of sp³-hybridized carbons (Fsp3) is 0.200. The van der Waals surface area contributed by atoms with E-state index in [0.717, 1.165) is 28.9 Å². The van der Waals surface area contributed by atoms with Crippen LogP contribution in [0.15, 0.2) is 72.8 Å². The first-order valence-electron chi connectivity index (χ1n) is 10.1. The van der Waals surface area contributed by atoms with Gasteiger partial charge >= 0.3 is 0 Å². The fourth-order valence-electron chi connectivity index (χ4n) is 3.55. The Kier molecular flexibility index (Phi) is 5.91. The number of hydrogen-bond acceptors (Lipinski definition) is 3. The molecule has 1 atom stereocenters. The molecule has 0 unspecified atom stereocenters. The third kappa shape index (κ3) is 4.26. The van der Waals surface area contributed by atoms with Crippen LogP contribution in [0.1, 0.15) is 39.3 Å². The first kappa shape index (κ1) is 20.2. The third-order valence-corrected chi connectivity index (χ3v) is 6.44. The van der Waals surface area contributed by atoms with E-state index in [1.807, 2.05) is 84.6 Å².